The van der Waals surface area contributed by atoms with Crippen LogP contribution in [-0.4, -0.2) is 0 Å². The molecule has 0 bridgehead atoms. The fourth-order valence-electron chi connectivity index (χ4n) is 1.20. The van der Waals surface area contributed by atoms with Crippen molar-refractivity contribution >= 4 is 28.9 Å². The SMILES string of the molecule is CCC(C)(N)c1ccc(N)c(Cl)c1Cl. The van der Waals surface area contributed by atoms with Crippen molar-refractivity contribution in [2.24, 2.45) is 5.73 Å². The van der Waals surface area contributed by atoms with Gasteiger partial charge >= 0.3 is 0 Å². The van der Waals surface area contributed by atoms with Crippen LogP contribution in [0.25, 0.3) is 0 Å². The summed E-state index contributed by atoms with van der Waals surface area (Å²) < 4.78 is 0. The summed E-state index contributed by atoms with van der Waals surface area (Å²) in [7, 11) is 0. The van der Waals surface area contributed by atoms with Gasteiger partial charge in [0.15, 0.2) is 0 Å². The molecule has 0 aliphatic rings. The predicted octanol–water partition coefficient (Wildman–Crippen LogP) is 3.16. The molecule has 1 unspecified atom stereocenters. The summed E-state index contributed by atoms with van der Waals surface area (Å²) in [5.74, 6) is 0. The summed E-state index contributed by atoms with van der Waals surface area (Å²) in [6.07, 6.45) is 0.785. The maximum Gasteiger partial charge on any atom is 0.0825 e. The Kier molecular flexibility index (Phi) is 3.30. The van der Waals surface area contributed by atoms with Gasteiger partial charge in [0.1, 0.15) is 0 Å². The minimum Gasteiger partial charge on any atom is -0.397 e. The van der Waals surface area contributed by atoms with Crippen LogP contribution in [0.1, 0.15) is 25.8 Å². The smallest absolute Gasteiger partial charge is 0.0825 e. The van der Waals surface area contributed by atoms with Gasteiger partial charge in [-0.25, -0.2) is 0 Å². The first-order chi connectivity index (χ1) is 6.40. The Labute approximate surface area is 94.2 Å². The van der Waals surface area contributed by atoms with Gasteiger partial charge in [-0.3, -0.25) is 0 Å². The maximum absolute atomic E-state index is 6.07. The molecule has 14 heavy (non-hydrogen) atoms. The summed E-state index contributed by atoms with van der Waals surface area (Å²) in [5, 5.41) is 0.841. The fourth-order valence-corrected chi connectivity index (χ4v) is 1.75. The third kappa shape index (κ3) is 1.97. The van der Waals surface area contributed by atoms with Crippen molar-refractivity contribution in [3.8, 4) is 0 Å². The second-order valence-corrected chi connectivity index (χ2v) is 4.36. The van der Waals surface area contributed by atoms with Gasteiger partial charge in [0.25, 0.3) is 0 Å². The first-order valence-corrected chi connectivity index (χ1v) is 5.18. The van der Waals surface area contributed by atoms with E-state index >= 15 is 0 Å². The molecule has 0 heterocycles. The molecule has 78 valence electrons. The molecule has 0 aliphatic heterocycles. The number of halogens is 2. The van der Waals surface area contributed by atoms with E-state index in [1.54, 1.807) is 6.07 Å². The second-order valence-electron chi connectivity index (χ2n) is 3.60. The molecule has 4 N–H and O–H groups in total. The molecular formula is C10H14Cl2N2. The van der Waals surface area contributed by atoms with Crippen LogP contribution in [0, 0.1) is 0 Å². The van der Waals surface area contributed by atoms with E-state index in [0.29, 0.717) is 15.7 Å². The standard InChI is InChI=1S/C10H14Cl2N2/c1-3-10(2,14)6-4-5-7(13)9(12)8(6)11/h4-5H,3,13-14H2,1-2H3. The molecule has 0 aliphatic carbocycles. The second kappa shape index (κ2) is 3.97. The maximum atomic E-state index is 6.07. The summed E-state index contributed by atoms with van der Waals surface area (Å²) in [6, 6.07) is 3.55. The van der Waals surface area contributed by atoms with Gasteiger partial charge in [-0.05, 0) is 25.0 Å². The molecule has 1 aromatic rings. The molecule has 0 spiro atoms. The molecule has 0 fully saturated rings. The summed E-state index contributed by atoms with van der Waals surface area (Å²) in [5.41, 5.74) is 12.5. The van der Waals surface area contributed by atoms with Crippen LogP contribution in [0.3, 0.4) is 0 Å². The molecule has 0 amide bonds. The van der Waals surface area contributed by atoms with Crippen molar-refractivity contribution < 1.29 is 0 Å². The number of nitrogens with two attached hydrogens (primary N) is 2. The van der Waals surface area contributed by atoms with Crippen LogP contribution in [0.4, 0.5) is 5.69 Å². The van der Waals surface area contributed by atoms with Crippen molar-refractivity contribution in [3.63, 3.8) is 0 Å². The lowest BCUT2D eigenvalue weighted by Crippen LogP contribution is -2.32. The van der Waals surface area contributed by atoms with Crippen molar-refractivity contribution in [1.82, 2.24) is 0 Å². The number of benzene rings is 1. The molecule has 0 radical (unpaired) electrons. The fraction of sp³-hybridized carbons (Fsp3) is 0.400. The summed E-state index contributed by atoms with van der Waals surface area (Å²) >= 11 is 12.0. The van der Waals surface area contributed by atoms with Gasteiger partial charge in [0.2, 0.25) is 0 Å². The topological polar surface area (TPSA) is 52.0 Å². The molecule has 2 nitrogen and oxygen atoms in total. The highest BCUT2D eigenvalue weighted by atomic mass is 35.5. The van der Waals surface area contributed by atoms with E-state index in [1.807, 2.05) is 19.9 Å². The van der Waals surface area contributed by atoms with Crippen molar-refractivity contribution in [3.05, 3.63) is 27.7 Å². The first-order valence-electron chi connectivity index (χ1n) is 4.43. The average molecular weight is 233 g/mol. The summed E-state index contributed by atoms with van der Waals surface area (Å²) in [4.78, 5) is 0. The third-order valence-electron chi connectivity index (χ3n) is 2.46. The first kappa shape index (κ1) is 11.6. The number of anilines is 1. The Morgan fingerprint density at radius 1 is 1.29 bits per heavy atom. The van der Waals surface area contributed by atoms with Gasteiger partial charge in [-0.1, -0.05) is 36.2 Å². The minimum absolute atomic E-state index is 0.384. The van der Waals surface area contributed by atoms with E-state index in [1.165, 1.54) is 0 Å². The number of rotatable bonds is 2. The Balaban J connectivity index is 3.31. The molecule has 0 saturated heterocycles. The van der Waals surface area contributed by atoms with Crippen LogP contribution in [0.15, 0.2) is 12.1 Å². The van der Waals surface area contributed by atoms with Crippen molar-refractivity contribution in [2.45, 2.75) is 25.8 Å². The van der Waals surface area contributed by atoms with Crippen LogP contribution in [0.2, 0.25) is 10.0 Å². The van der Waals surface area contributed by atoms with Gasteiger partial charge in [0, 0.05) is 5.54 Å². The highest BCUT2D eigenvalue weighted by Crippen LogP contribution is 2.36. The van der Waals surface area contributed by atoms with E-state index in [2.05, 4.69) is 0 Å². The Hall–Kier alpha value is -0.440. The Morgan fingerprint density at radius 3 is 2.36 bits per heavy atom. The molecular weight excluding hydrogens is 219 g/mol. The van der Waals surface area contributed by atoms with Gasteiger partial charge < -0.3 is 11.5 Å². The van der Waals surface area contributed by atoms with E-state index in [-0.39, 0.29) is 0 Å². The van der Waals surface area contributed by atoms with E-state index in [4.69, 9.17) is 34.7 Å². The lowest BCUT2D eigenvalue weighted by atomic mass is 9.90. The van der Waals surface area contributed by atoms with E-state index in [9.17, 15) is 0 Å². The average Bonchev–Trinajstić information content (AvgIpc) is 2.14. The zero-order chi connectivity index (χ0) is 10.9. The lowest BCUT2D eigenvalue weighted by molar-refractivity contribution is 0.477. The van der Waals surface area contributed by atoms with Crippen LogP contribution >= 0.6 is 23.2 Å². The zero-order valence-electron chi connectivity index (χ0n) is 8.27. The molecule has 1 atom stereocenters. The molecule has 0 aromatic heterocycles. The predicted molar refractivity (Wildman–Crippen MR) is 62.7 cm³/mol. The number of hydrogen-bond donors (Lipinski definition) is 2. The van der Waals surface area contributed by atoms with Gasteiger partial charge in [-0.2, -0.15) is 0 Å². The normalized spacial score (nSPS) is 15.2. The number of nitrogen functional groups attached to an aromatic ring is 1. The monoisotopic (exact) mass is 232 g/mol. The minimum atomic E-state index is -0.464. The van der Waals surface area contributed by atoms with Crippen LogP contribution in [0.5, 0.6) is 0 Å². The molecule has 4 heteroatoms. The Bertz CT molecular complexity index is 348. The van der Waals surface area contributed by atoms with Gasteiger partial charge in [-0.15, -0.1) is 0 Å². The van der Waals surface area contributed by atoms with Crippen LogP contribution < -0.4 is 11.5 Å². The molecule has 0 saturated carbocycles. The highest BCUT2D eigenvalue weighted by molar-refractivity contribution is 6.44. The Morgan fingerprint density at radius 2 is 1.86 bits per heavy atom. The number of hydrogen-bond acceptors (Lipinski definition) is 2. The van der Waals surface area contributed by atoms with Crippen LogP contribution in [-0.2, 0) is 5.54 Å². The summed E-state index contributed by atoms with van der Waals surface area (Å²) in [6.45, 7) is 3.92. The highest BCUT2D eigenvalue weighted by Gasteiger charge is 2.23. The molecule has 1 rings (SSSR count). The zero-order valence-corrected chi connectivity index (χ0v) is 9.78. The van der Waals surface area contributed by atoms with E-state index in [0.717, 1.165) is 12.0 Å². The quantitative estimate of drug-likeness (QED) is 0.771. The van der Waals surface area contributed by atoms with E-state index < -0.39 is 5.54 Å². The third-order valence-corrected chi connectivity index (χ3v) is 3.36. The van der Waals surface area contributed by atoms with Crippen molar-refractivity contribution in [2.75, 3.05) is 5.73 Å². The lowest BCUT2D eigenvalue weighted by Gasteiger charge is -2.25. The largest absolute Gasteiger partial charge is 0.397 e. The molecule has 1 aromatic carbocycles. The van der Waals surface area contributed by atoms with Crippen molar-refractivity contribution in [1.29, 1.82) is 0 Å². The van der Waals surface area contributed by atoms with Gasteiger partial charge in [0.05, 0.1) is 15.7 Å².